The van der Waals surface area contributed by atoms with E-state index in [9.17, 15) is 18.0 Å². The van der Waals surface area contributed by atoms with Gasteiger partial charge < -0.3 is 15.1 Å². The molecule has 0 saturated heterocycles. The Labute approximate surface area is 200 Å². The van der Waals surface area contributed by atoms with Crippen molar-refractivity contribution in [3.05, 3.63) is 63.7 Å². The van der Waals surface area contributed by atoms with E-state index >= 15 is 0 Å². The zero-order valence-corrected chi connectivity index (χ0v) is 20.1. The van der Waals surface area contributed by atoms with Crippen molar-refractivity contribution >= 4 is 22.2 Å². The number of thiophene rings is 1. The van der Waals surface area contributed by atoms with E-state index < -0.39 is 17.9 Å². The molecule has 5 rings (SSSR count). The molecular formula is C26H27F3N2O2S. The number of anilines is 1. The molecule has 0 unspecified atom stereocenters. The number of alkyl halides is 3. The predicted molar refractivity (Wildman–Crippen MR) is 127 cm³/mol. The zero-order chi connectivity index (χ0) is 24.3. The van der Waals surface area contributed by atoms with Crippen LogP contribution in [0.3, 0.4) is 0 Å². The van der Waals surface area contributed by atoms with Crippen molar-refractivity contribution in [2.75, 3.05) is 5.32 Å². The summed E-state index contributed by atoms with van der Waals surface area (Å²) in [5, 5.41) is 7.18. The van der Waals surface area contributed by atoms with Gasteiger partial charge >= 0.3 is 6.18 Å². The van der Waals surface area contributed by atoms with Crippen LogP contribution < -0.4 is 10.6 Å². The van der Waals surface area contributed by atoms with Crippen LogP contribution in [-0.2, 0) is 19.0 Å². The molecule has 1 aliphatic heterocycles. The van der Waals surface area contributed by atoms with E-state index in [0.29, 0.717) is 23.0 Å². The summed E-state index contributed by atoms with van der Waals surface area (Å²) in [6, 6.07) is 8.34. The molecule has 1 aliphatic carbocycles. The number of furan rings is 1. The van der Waals surface area contributed by atoms with Crippen LogP contribution in [0.1, 0.15) is 71.9 Å². The molecule has 0 spiro atoms. The molecule has 1 amide bonds. The van der Waals surface area contributed by atoms with Gasteiger partial charge in [-0.3, -0.25) is 4.79 Å². The van der Waals surface area contributed by atoms with Crippen LogP contribution in [0.15, 0.2) is 40.8 Å². The van der Waals surface area contributed by atoms with Crippen molar-refractivity contribution in [2.45, 2.75) is 58.8 Å². The van der Waals surface area contributed by atoms with Crippen LogP contribution in [0.5, 0.6) is 0 Å². The maximum absolute atomic E-state index is 13.1. The Morgan fingerprint density at radius 2 is 1.94 bits per heavy atom. The van der Waals surface area contributed by atoms with Crippen LogP contribution in [0.2, 0.25) is 0 Å². The van der Waals surface area contributed by atoms with E-state index in [1.165, 1.54) is 10.9 Å². The second kappa shape index (κ2) is 8.18. The van der Waals surface area contributed by atoms with Gasteiger partial charge in [-0.15, -0.1) is 11.3 Å². The Kier molecular flexibility index (Phi) is 5.54. The maximum Gasteiger partial charge on any atom is 0.416 e. The van der Waals surface area contributed by atoms with Gasteiger partial charge in [0.05, 0.1) is 11.1 Å². The van der Waals surface area contributed by atoms with Crippen LogP contribution in [0.25, 0.3) is 11.3 Å². The summed E-state index contributed by atoms with van der Waals surface area (Å²) in [6.45, 7) is 6.86. The van der Waals surface area contributed by atoms with E-state index in [1.807, 2.05) is 0 Å². The first-order valence-corrected chi connectivity index (χ1v) is 12.4. The monoisotopic (exact) mass is 488 g/mol. The Morgan fingerprint density at radius 1 is 1.15 bits per heavy atom. The molecule has 0 fully saturated rings. The molecule has 3 aromatic rings. The molecule has 8 heteroatoms. The molecule has 1 aromatic carbocycles. The molecule has 3 heterocycles. The number of carbonyl (C=O) groups is 1. The predicted octanol–water partition coefficient (Wildman–Crippen LogP) is 7.42. The lowest BCUT2D eigenvalue weighted by Crippen LogP contribution is -2.38. The minimum atomic E-state index is -4.43. The summed E-state index contributed by atoms with van der Waals surface area (Å²) < 4.78 is 45.1. The molecule has 34 heavy (non-hydrogen) atoms. The second-order valence-corrected chi connectivity index (χ2v) is 10.9. The summed E-state index contributed by atoms with van der Waals surface area (Å²) in [4.78, 5) is 14.3. The van der Waals surface area contributed by atoms with Crippen molar-refractivity contribution in [3.63, 3.8) is 0 Å². The first-order valence-electron chi connectivity index (χ1n) is 11.6. The van der Waals surface area contributed by atoms with Crippen molar-refractivity contribution in [1.82, 2.24) is 5.32 Å². The minimum Gasteiger partial charge on any atom is -0.457 e. The quantitative estimate of drug-likeness (QED) is 0.402. The van der Waals surface area contributed by atoms with Gasteiger partial charge in [0.25, 0.3) is 5.91 Å². The van der Waals surface area contributed by atoms with Gasteiger partial charge in [-0.1, -0.05) is 39.3 Å². The Morgan fingerprint density at radius 3 is 2.68 bits per heavy atom. The van der Waals surface area contributed by atoms with Crippen LogP contribution >= 0.6 is 11.3 Å². The average Bonchev–Trinajstić information content (AvgIpc) is 3.43. The molecule has 2 aliphatic rings. The standard InChI is InChI=1S/C26H27F3N2O2S/c1-4-25(2,3)15-8-9-17-20(13-15)34-24-21(17)23(32)30-22(31-24)19-11-10-18(33-19)14-6-5-7-16(12-14)26(27,28)29/h5-7,10-12,15,22,31H,4,8-9,13H2,1-3H3,(H,30,32)/t15-,22-/m1/s1. The lowest BCUT2D eigenvalue weighted by Gasteiger charge is -2.36. The smallest absolute Gasteiger partial charge is 0.416 e. The molecule has 180 valence electrons. The van der Waals surface area contributed by atoms with E-state index in [-0.39, 0.29) is 11.3 Å². The normalized spacial score (nSPS) is 20.4. The third-order valence-corrected chi connectivity index (χ3v) is 8.63. The van der Waals surface area contributed by atoms with Crippen molar-refractivity contribution < 1.29 is 22.4 Å². The number of amides is 1. The number of rotatable bonds is 4. The van der Waals surface area contributed by atoms with Crippen molar-refractivity contribution in [2.24, 2.45) is 11.3 Å². The van der Waals surface area contributed by atoms with Gasteiger partial charge in [0.15, 0.2) is 6.17 Å². The molecule has 0 radical (unpaired) electrons. The largest absolute Gasteiger partial charge is 0.457 e. The second-order valence-electron chi connectivity index (χ2n) is 9.82. The lowest BCUT2D eigenvalue weighted by atomic mass is 9.69. The van der Waals surface area contributed by atoms with E-state index in [2.05, 4.69) is 31.4 Å². The fourth-order valence-corrected chi connectivity index (χ4v) is 6.26. The number of carbonyl (C=O) groups excluding carboxylic acids is 1. The van der Waals surface area contributed by atoms with Gasteiger partial charge in [-0.05, 0) is 60.4 Å². The number of hydrogen-bond donors (Lipinski definition) is 2. The molecule has 2 aromatic heterocycles. The van der Waals surface area contributed by atoms with Gasteiger partial charge in [-0.2, -0.15) is 13.2 Å². The van der Waals surface area contributed by atoms with Crippen LogP contribution in [0, 0.1) is 11.3 Å². The van der Waals surface area contributed by atoms with Gasteiger partial charge in [0, 0.05) is 10.4 Å². The highest BCUT2D eigenvalue weighted by atomic mass is 32.1. The highest BCUT2D eigenvalue weighted by molar-refractivity contribution is 7.16. The average molecular weight is 489 g/mol. The Bertz CT molecular complexity index is 1240. The third-order valence-electron chi connectivity index (χ3n) is 7.45. The fourth-order valence-electron chi connectivity index (χ4n) is 4.91. The van der Waals surface area contributed by atoms with E-state index in [0.717, 1.165) is 53.9 Å². The summed E-state index contributed by atoms with van der Waals surface area (Å²) >= 11 is 1.64. The summed E-state index contributed by atoms with van der Waals surface area (Å²) in [7, 11) is 0. The van der Waals surface area contributed by atoms with E-state index in [4.69, 9.17) is 4.42 Å². The highest BCUT2D eigenvalue weighted by Gasteiger charge is 2.38. The summed E-state index contributed by atoms with van der Waals surface area (Å²) in [5.74, 6) is 1.21. The number of benzene rings is 1. The number of hydrogen-bond acceptors (Lipinski definition) is 4. The van der Waals surface area contributed by atoms with Crippen LogP contribution in [-0.4, -0.2) is 5.91 Å². The highest BCUT2D eigenvalue weighted by Crippen LogP contribution is 2.47. The first-order chi connectivity index (χ1) is 16.1. The fraction of sp³-hybridized carbons (Fsp3) is 0.423. The maximum atomic E-state index is 13.1. The van der Waals surface area contributed by atoms with Crippen molar-refractivity contribution in [3.8, 4) is 11.3 Å². The minimum absolute atomic E-state index is 0.138. The molecule has 2 atom stereocenters. The van der Waals surface area contributed by atoms with Crippen LogP contribution in [0.4, 0.5) is 18.2 Å². The Hall–Kier alpha value is -2.74. The van der Waals surface area contributed by atoms with Crippen molar-refractivity contribution in [1.29, 1.82) is 0 Å². The molecular weight excluding hydrogens is 461 g/mol. The Balaban J connectivity index is 1.39. The number of halogens is 3. The molecule has 2 N–H and O–H groups in total. The number of nitrogens with one attached hydrogen (secondary N) is 2. The van der Waals surface area contributed by atoms with E-state index in [1.54, 1.807) is 29.5 Å². The zero-order valence-electron chi connectivity index (χ0n) is 19.3. The molecule has 4 nitrogen and oxygen atoms in total. The van der Waals surface area contributed by atoms with Gasteiger partial charge in [0.1, 0.15) is 16.5 Å². The molecule has 0 saturated carbocycles. The topological polar surface area (TPSA) is 54.3 Å². The molecule has 0 bridgehead atoms. The lowest BCUT2D eigenvalue weighted by molar-refractivity contribution is -0.137. The number of fused-ring (bicyclic) bond motifs is 3. The SMILES string of the molecule is CCC(C)(C)[C@@H]1CCc2c(sc3c2C(=O)N[C@@H](c2ccc(-c4cccc(C(F)(F)F)c4)o2)N3)C1. The first kappa shape index (κ1) is 23.0. The van der Waals surface area contributed by atoms with Gasteiger partial charge in [-0.25, -0.2) is 0 Å². The third kappa shape index (κ3) is 4.02. The summed E-state index contributed by atoms with van der Waals surface area (Å²) in [5.41, 5.74) is 1.74. The van der Waals surface area contributed by atoms with Gasteiger partial charge in [0.2, 0.25) is 0 Å². The summed E-state index contributed by atoms with van der Waals surface area (Å²) in [6.07, 6.45) is -0.937.